The zero-order chi connectivity index (χ0) is 23.3. The van der Waals surface area contributed by atoms with Crippen molar-refractivity contribution in [2.75, 3.05) is 0 Å². The number of aliphatic hydroxyl groups excluding tert-OH is 1. The molecule has 0 unspecified atom stereocenters. The highest BCUT2D eigenvalue weighted by Crippen LogP contribution is 2.75. The second-order valence-corrected chi connectivity index (χ2v) is 12.5. The topological polar surface area (TPSA) is 74.6 Å². The molecule has 0 spiro atoms. The van der Waals surface area contributed by atoms with Crippen molar-refractivity contribution in [1.82, 2.24) is 0 Å². The van der Waals surface area contributed by atoms with E-state index in [1.54, 1.807) is 12.2 Å². The van der Waals surface area contributed by atoms with Gasteiger partial charge in [0.25, 0.3) is 0 Å². The monoisotopic (exact) mass is 436 g/mol. The van der Waals surface area contributed by atoms with Crippen molar-refractivity contribution in [2.45, 2.75) is 79.6 Å². The van der Waals surface area contributed by atoms with Gasteiger partial charge >= 0.3 is 5.97 Å². The molecule has 0 aromatic carbocycles. The van der Waals surface area contributed by atoms with E-state index in [1.807, 2.05) is 6.92 Å². The molecule has 4 nitrogen and oxygen atoms in total. The predicted octanol–water partition coefficient (Wildman–Crippen LogP) is 6.31. The Kier molecular flexibility index (Phi) is 4.26. The Morgan fingerprint density at radius 3 is 2.31 bits per heavy atom. The number of fused-ring (bicyclic) bond motifs is 7. The number of aliphatic carboxylic acids is 1. The lowest BCUT2D eigenvalue weighted by atomic mass is 9.34. The molecule has 5 aliphatic carbocycles. The van der Waals surface area contributed by atoms with Crippen LogP contribution in [-0.2, 0) is 9.59 Å². The number of aliphatic hydroxyl groups is 1. The van der Waals surface area contributed by atoms with Crippen LogP contribution in [0.4, 0.5) is 0 Å². The fourth-order valence-electron chi connectivity index (χ4n) is 8.39. The van der Waals surface area contributed by atoms with Gasteiger partial charge in [-0.15, -0.1) is 0 Å². The Bertz CT molecular complexity index is 1060. The van der Waals surface area contributed by atoms with E-state index in [4.69, 9.17) is 0 Å². The van der Waals surface area contributed by atoms with Crippen LogP contribution in [-0.4, -0.2) is 22.0 Å². The van der Waals surface area contributed by atoms with Crippen LogP contribution in [0.2, 0.25) is 0 Å². The smallest absolute Gasteiger partial charge is 0.309 e. The van der Waals surface area contributed by atoms with Gasteiger partial charge < -0.3 is 10.2 Å². The second-order valence-electron chi connectivity index (χ2n) is 12.5. The van der Waals surface area contributed by atoms with E-state index in [-0.39, 0.29) is 33.2 Å². The van der Waals surface area contributed by atoms with Crippen LogP contribution in [0.25, 0.3) is 0 Å². The van der Waals surface area contributed by atoms with Crippen molar-refractivity contribution in [3.63, 3.8) is 0 Å². The largest absolute Gasteiger partial charge is 0.504 e. The molecule has 172 valence electrons. The van der Waals surface area contributed by atoms with Gasteiger partial charge in [0.05, 0.1) is 5.41 Å². The fraction of sp³-hybridized carbons (Fsp3) is 0.643. The van der Waals surface area contributed by atoms with Gasteiger partial charge in [0.2, 0.25) is 5.78 Å². The highest BCUT2D eigenvalue weighted by Gasteiger charge is 2.67. The molecule has 0 bridgehead atoms. The molecule has 3 fully saturated rings. The zero-order valence-electron chi connectivity index (χ0n) is 20.0. The van der Waals surface area contributed by atoms with E-state index in [0.29, 0.717) is 5.92 Å². The number of allylic oxidation sites excluding steroid dienone is 7. The first kappa shape index (κ1) is 21.7. The van der Waals surface area contributed by atoms with Crippen LogP contribution in [0.5, 0.6) is 0 Å². The normalized spacial score (nSPS) is 47.5. The Balaban J connectivity index is 1.63. The number of hydrogen-bond acceptors (Lipinski definition) is 3. The Labute approximate surface area is 191 Å². The first-order valence-corrected chi connectivity index (χ1v) is 12.1. The van der Waals surface area contributed by atoms with Crippen molar-refractivity contribution in [3.05, 3.63) is 46.8 Å². The number of carboxylic acids is 1. The maximum Gasteiger partial charge on any atom is 0.309 e. The van der Waals surface area contributed by atoms with Crippen LogP contribution in [0.3, 0.4) is 0 Å². The van der Waals surface area contributed by atoms with Crippen molar-refractivity contribution in [1.29, 1.82) is 0 Å². The third-order valence-electron chi connectivity index (χ3n) is 11.0. The molecule has 0 aromatic heterocycles. The maximum absolute atomic E-state index is 12.4. The Morgan fingerprint density at radius 1 is 0.938 bits per heavy atom. The molecule has 3 saturated carbocycles. The summed E-state index contributed by atoms with van der Waals surface area (Å²) in [6, 6.07) is 0. The summed E-state index contributed by atoms with van der Waals surface area (Å²) in [5, 5.41) is 20.0. The molecule has 5 rings (SSSR count). The summed E-state index contributed by atoms with van der Waals surface area (Å²) in [6.07, 6.45) is 14.2. The van der Waals surface area contributed by atoms with Crippen LogP contribution < -0.4 is 0 Å². The van der Waals surface area contributed by atoms with Gasteiger partial charge in [-0.3, -0.25) is 9.59 Å². The number of carboxylic acid groups (broad SMARTS) is 1. The van der Waals surface area contributed by atoms with Crippen LogP contribution >= 0.6 is 0 Å². The maximum atomic E-state index is 12.4. The van der Waals surface area contributed by atoms with E-state index in [0.717, 1.165) is 56.1 Å². The molecule has 0 aromatic rings. The summed E-state index contributed by atoms with van der Waals surface area (Å²) < 4.78 is 0. The lowest BCUT2D eigenvalue weighted by Gasteiger charge is -2.69. The van der Waals surface area contributed by atoms with Gasteiger partial charge in [-0.1, -0.05) is 45.4 Å². The highest BCUT2D eigenvalue weighted by molar-refractivity contribution is 6.05. The molecule has 0 radical (unpaired) electrons. The van der Waals surface area contributed by atoms with Gasteiger partial charge in [-0.2, -0.15) is 0 Å². The fourth-order valence-corrected chi connectivity index (χ4v) is 8.39. The molecule has 0 saturated heterocycles. The quantitative estimate of drug-likeness (QED) is 0.505. The summed E-state index contributed by atoms with van der Waals surface area (Å²) in [5.74, 6) is -0.793. The molecule has 0 amide bonds. The van der Waals surface area contributed by atoms with E-state index in [2.05, 4.69) is 39.8 Å². The SMILES string of the molecule is C[C@@]1(C(=O)O)CC[C@]2(C)CC[C@]3(C)C4=CC=C5C=C(O)C(=O)C=C5[C@]4(C)CC[C@@]3(C)[C@@H]2C1. The average molecular weight is 437 g/mol. The summed E-state index contributed by atoms with van der Waals surface area (Å²) >= 11 is 0. The van der Waals surface area contributed by atoms with E-state index < -0.39 is 11.4 Å². The van der Waals surface area contributed by atoms with Crippen LogP contribution in [0.15, 0.2) is 46.8 Å². The number of ketones is 1. The van der Waals surface area contributed by atoms with Gasteiger partial charge in [0.15, 0.2) is 5.76 Å². The standard InChI is InChI=1S/C28H36O4/c1-24-8-9-25(2,23(31)32)16-22(24)28(5)13-11-26(3)18-15-20(30)19(29)14-17(18)6-7-21(26)27(28,4)12-10-24/h6-7,14-15,22,29H,8-13,16H2,1-5H3,(H,31,32)/t22-,24-,25-,26+,27-,28+/m1/s1. The van der Waals surface area contributed by atoms with Crippen LogP contribution in [0, 0.1) is 33.0 Å². The Hall–Kier alpha value is -2.10. The molecule has 4 heteroatoms. The van der Waals surface area contributed by atoms with Gasteiger partial charge in [-0.25, -0.2) is 0 Å². The van der Waals surface area contributed by atoms with Gasteiger partial charge in [-0.05, 0) is 97.3 Å². The molecule has 2 N–H and O–H groups in total. The first-order chi connectivity index (χ1) is 14.8. The minimum Gasteiger partial charge on any atom is -0.504 e. The van der Waals surface area contributed by atoms with Gasteiger partial charge in [0, 0.05) is 5.41 Å². The average Bonchev–Trinajstić information content (AvgIpc) is 2.73. The first-order valence-electron chi connectivity index (χ1n) is 12.1. The number of carbonyl (C=O) groups is 2. The zero-order valence-corrected chi connectivity index (χ0v) is 20.0. The Morgan fingerprint density at radius 2 is 1.62 bits per heavy atom. The molecule has 0 heterocycles. The third-order valence-corrected chi connectivity index (χ3v) is 11.0. The summed E-state index contributed by atoms with van der Waals surface area (Å²) in [4.78, 5) is 24.6. The number of hydrogen-bond donors (Lipinski definition) is 2. The van der Waals surface area contributed by atoms with Crippen LogP contribution in [0.1, 0.15) is 79.6 Å². The summed E-state index contributed by atoms with van der Waals surface area (Å²) in [7, 11) is 0. The number of rotatable bonds is 1. The lowest BCUT2D eigenvalue weighted by molar-refractivity contribution is -0.178. The molecule has 32 heavy (non-hydrogen) atoms. The van der Waals surface area contributed by atoms with E-state index in [1.165, 1.54) is 5.57 Å². The van der Waals surface area contributed by atoms with Crippen molar-refractivity contribution in [3.8, 4) is 0 Å². The van der Waals surface area contributed by atoms with E-state index >= 15 is 0 Å². The highest BCUT2D eigenvalue weighted by atomic mass is 16.4. The number of carbonyl (C=O) groups excluding carboxylic acids is 1. The second kappa shape index (κ2) is 6.27. The minimum absolute atomic E-state index is 0.00499. The minimum atomic E-state index is -0.655. The molecular formula is C28H36O4. The molecular weight excluding hydrogens is 400 g/mol. The van der Waals surface area contributed by atoms with E-state index in [9.17, 15) is 19.8 Å². The van der Waals surface area contributed by atoms with Crippen molar-refractivity contribution in [2.24, 2.45) is 33.0 Å². The summed E-state index contributed by atoms with van der Waals surface area (Å²) in [6.45, 7) is 11.4. The third kappa shape index (κ3) is 2.50. The molecule has 6 atom stereocenters. The lowest BCUT2D eigenvalue weighted by Crippen LogP contribution is -2.62. The van der Waals surface area contributed by atoms with Gasteiger partial charge in [0.1, 0.15) is 0 Å². The predicted molar refractivity (Wildman–Crippen MR) is 124 cm³/mol. The molecule has 5 aliphatic rings. The summed E-state index contributed by atoms with van der Waals surface area (Å²) in [5.41, 5.74) is 2.61. The van der Waals surface area contributed by atoms with Crippen molar-refractivity contribution < 1.29 is 19.8 Å². The van der Waals surface area contributed by atoms with Crippen molar-refractivity contribution >= 4 is 11.8 Å². The molecule has 0 aliphatic heterocycles.